The van der Waals surface area contributed by atoms with Crippen LogP contribution in [0.2, 0.25) is 0 Å². The second-order valence-corrected chi connectivity index (χ2v) is 6.12. The van der Waals surface area contributed by atoms with E-state index in [9.17, 15) is 4.79 Å². The van der Waals surface area contributed by atoms with Gasteiger partial charge in [0.2, 0.25) is 0 Å². The maximum atomic E-state index is 11.3. The predicted molar refractivity (Wildman–Crippen MR) is 82.6 cm³/mol. The Bertz CT molecular complexity index is 515. The molecule has 2 N–H and O–H groups in total. The third kappa shape index (κ3) is 2.89. The average molecular weight is 291 g/mol. The third-order valence-corrected chi connectivity index (χ3v) is 4.15. The summed E-state index contributed by atoms with van der Waals surface area (Å²) in [6.45, 7) is 10.3. The Morgan fingerprint density at radius 2 is 1.86 bits per heavy atom. The van der Waals surface area contributed by atoms with Gasteiger partial charge in [-0.1, -0.05) is 6.07 Å². The van der Waals surface area contributed by atoms with Crippen LogP contribution in [-0.2, 0) is 9.31 Å². The monoisotopic (exact) mass is 291 g/mol. The van der Waals surface area contributed by atoms with Crippen LogP contribution < -0.4 is 16.1 Å². The van der Waals surface area contributed by atoms with Crippen LogP contribution in [0.25, 0.3) is 0 Å². The van der Waals surface area contributed by atoms with Crippen LogP contribution in [0.5, 0.6) is 0 Å². The van der Waals surface area contributed by atoms with E-state index < -0.39 is 13.1 Å². The van der Waals surface area contributed by atoms with Gasteiger partial charge in [0.25, 0.3) is 0 Å². The number of hydrogen-bond acceptors (Lipinski definition) is 4. The molecule has 6 nitrogen and oxygen atoms in total. The number of carbonyl (C=O) groups excluding carboxylic acids is 1. The molecule has 1 aliphatic rings. The van der Waals surface area contributed by atoms with E-state index in [1.54, 1.807) is 12.3 Å². The number of nitrogens with two attached hydrogens (primary N) is 1. The molecule has 0 bridgehead atoms. The van der Waals surface area contributed by atoms with Crippen LogP contribution in [0.1, 0.15) is 34.6 Å². The van der Waals surface area contributed by atoms with Crippen molar-refractivity contribution in [3.05, 3.63) is 18.3 Å². The van der Waals surface area contributed by atoms with Crippen LogP contribution in [0.3, 0.4) is 0 Å². The molecule has 0 spiro atoms. The summed E-state index contributed by atoms with van der Waals surface area (Å²) in [7, 11) is -0.458. The van der Waals surface area contributed by atoms with Crippen LogP contribution in [0, 0.1) is 0 Å². The Kier molecular flexibility index (Phi) is 3.99. The minimum atomic E-state index is -0.520. The molecule has 1 aromatic heterocycles. The highest BCUT2D eigenvalue weighted by Crippen LogP contribution is 2.36. The first-order valence-electron chi connectivity index (χ1n) is 7.06. The van der Waals surface area contributed by atoms with E-state index in [4.69, 9.17) is 15.0 Å². The molecule has 1 saturated heterocycles. The molecule has 0 radical (unpaired) electrons. The largest absolute Gasteiger partial charge is 0.496 e. The van der Waals surface area contributed by atoms with Gasteiger partial charge in [0.1, 0.15) is 5.82 Å². The molecule has 0 saturated carbocycles. The lowest BCUT2D eigenvalue weighted by Gasteiger charge is -2.32. The normalized spacial score (nSPS) is 19.6. The minimum Gasteiger partial charge on any atom is -0.399 e. The van der Waals surface area contributed by atoms with E-state index in [2.05, 4.69) is 4.98 Å². The highest BCUT2D eigenvalue weighted by Gasteiger charge is 2.51. The Hall–Kier alpha value is -1.60. The van der Waals surface area contributed by atoms with Gasteiger partial charge < -0.3 is 15.0 Å². The highest BCUT2D eigenvalue weighted by atomic mass is 16.7. The molecule has 114 valence electrons. The second-order valence-electron chi connectivity index (χ2n) is 6.12. The Morgan fingerprint density at radius 1 is 1.29 bits per heavy atom. The molecule has 2 heterocycles. The van der Waals surface area contributed by atoms with Crippen molar-refractivity contribution >= 4 is 24.4 Å². The zero-order valence-electron chi connectivity index (χ0n) is 13.2. The van der Waals surface area contributed by atoms with Gasteiger partial charge in [0.15, 0.2) is 0 Å². The summed E-state index contributed by atoms with van der Waals surface area (Å²) in [6.07, 6.45) is 1.66. The van der Waals surface area contributed by atoms with Gasteiger partial charge in [-0.3, -0.25) is 4.90 Å². The fourth-order valence-corrected chi connectivity index (χ4v) is 2.11. The number of pyridine rings is 1. The van der Waals surface area contributed by atoms with Crippen LogP contribution in [0.15, 0.2) is 18.3 Å². The molecule has 1 fully saturated rings. The number of hydrogen-bond donors (Lipinski definition) is 1. The van der Waals surface area contributed by atoms with E-state index in [1.165, 1.54) is 4.90 Å². The average Bonchev–Trinajstić information content (AvgIpc) is 2.59. The number of nitrogens with zero attached hydrogens (tertiary/aromatic N) is 2. The van der Waals surface area contributed by atoms with Crippen molar-refractivity contribution in [3.63, 3.8) is 0 Å². The molecular formula is C14H22BN3O3. The van der Waals surface area contributed by atoms with Gasteiger partial charge in [-0.2, -0.15) is 0 Å². The standard InChI is InChI=1S/C14H22BN3O3/c1-6-18(12(16)19)11-8-7-10(9-17-11)15-20-13(2,3)14(4,5)21-15/h7-9H,6H2,1-5H3,(H2,16,19). The summed E-state index contributed by atoms with van der Waals surface area (Å²) in [5, 5.41) is 0. The fraction of sp³-hybridized carbons (Fsp3) is 0.571. The number of rotatable bonds is 3. The smallest absolute Gasteiger partial charge is 0.399 e. The number of amides is 2. The summed E-state index contributed by atoms with van der Waals surface area (Å²) in [5.41, 5.74) is 5.35. The summed E-state index contributed by atoms with van der Waals surface area (Å²) in [5.74, 6) is 0.519. The second kappa shape index (κ2) is 5.31. The van der Waals surface area contributed by atoms with Gasteiger partial charge >= 0.3 is 13.1 Å². The summed E-state index contributed by atoms with van der Waals surface area (Å²) >= 11 is 0. The maximum Gasteiger partial charge on any atom is 0.496 e. The highest BCUT2D eigenvalue weighted by molar-refractivity contribution is 6.62. The number of urea groups is 1. The molecular weight excluding hydrogens is 269 g/mol. The van der Waals surface area contributed by atoms with E-state index in [0.717, 1.165) is 5.46 Å². The van der Waals surface area contributed by atoms with Gasteiger partial charge in [-0.25, -0.2) is 9.78 Å². The lowest BCUT2D eigenvalue weighted by molar-refractivity contribution is 0.00578. The predicted octanol–water partition coefficient (Wildman–Crippen LogP) is 1.29. The molecule has 0 unspecified atom stereocenters. The zero-order chi connectivity index (χ0) is 15.8. The first-order chi connectivity index (χ1) is 9.68. The molecule has 0 atom stereocenters. The topological polar surface area (TPSA) is 77.7 Å². The first-order valence-corrected chi connectivity index (χ1v) is 7.06. The van der Waals surface area contributed by atoms with Gasteiger partial charge in [0, 0.05) is 18.2 Å². The number of aromatic nitrogens is 1. The molecule has 1 aliphatic heterocycles. The number of primary amides is 1. The van der Waals surface area contributed by atoms with Gasteiger partial charge in [0.05, 0.1) is 11.2 Å². The summed E-state index contributed by atoms with van der Waals surface area (Å²) < 4.78 is 11.9. The quantitative estimate of drug-likeness (QED) is 0.851. The summed E-state index contributed by atoms with van der Waals surface area (Å²) in [6, 6.07) is 3.07. The van der Waals surface area contributed by atoms with Crippen molar-refractivity contribution in [2.75, 3.05) is 11.4 Å². The van der Waals surface area contributed by atoms with Crippen LogP contribution in [-0.4, -0.2) is 35.9 Å². The molecule has 0 aliphatic carbocycles. The maximum absolute atomic E-state index is 11.3. The lowest BCUT2D eigenvalue weighted by atomic mass is 9.80. The van der Waals surface area contributed by atoms with E-state index in [0.29, 0.717) is 12.4 Å². The first kappa shape index (κ1) is 15.8. The van der Waals surface area contributed by atoms with E-state index in [1.807, 2.05) is 40.7 Å². The van der Waals surface area contributed by atoms with Crippen LogP contribution >= 0.6 is 0 Å². The van der Waals surface area contributed by atoms with Crippen molar-refractivity contribution in [2.45, 2.75) is 45.8 Å². The molecule has 0 aromatic carbocycles. The van der Waals surface area contributed by atoms with E-state index >= 15 is 0 Å². The molecule has 21 heavy (non-hydrogen) atoms. The zero-order valence-corrected chi connectivity index (χ0v) is 13.2. The van der Waals surface area contributed by atoms with Gasteiger partial charge in [-0.15, -0.1) is 0 Å². The Balaban J connectivity index is 2.19. The minimum absolute atomic E-state index is 0.390. The fourth-order valence-electron chi connectivity index (χ4n) is 2.11. The van der Waals surface area contributed by atoms with Crippen molar-refractivity contribution < 1.29 is 14.1 Å². The molecule has 2 rings (SSSR count). The Labute approximate surface area is 125 Å². The summed E-state index contributed by atoms with van der Waals surface area (Å²) in [4.78, 5) is 17.0. The van der Waals surface area contributed by atoms with Gasteiger partial charge in [-0.05, 0) is 40.7 Å². The van der Waals surface area contributed by atoms with Crippen molar-refractivity contribution in [1.29, 1.82) is 0 Å². The van der Waals surface area contributed by atoms with Crippen molar-refractivity contribution in [2.24, 2.45) is 5.73 Å². The van der Waals surface area contributed by atoms with Crippen molar-refractivity contribution in [1.82, 2.24) is 4.98 Å². The third-order valence-electron chi connectivity index (χ3n) is 4.15. The molecule has 1 aromatic rings. The van der Waals surface area contributed by atoms with Crippen LogP contribution in [0.4, 0.5) is 10.6 Å². The molecule has 7 heteroatoms. The Morgan fingerprint density at radius 3 is 2.24 bits per heavy atom. The lowest BCUT2D eigenvalue weighted by Crippen LogP contribution is -2.41. The number of carbonyl (C=O) groups is 1. The SMILES string of the molecule is CCN(C(N)=O)c1ccc(B2OC(C)(C)C(C)(C)O2)cn1. The molecule has 2 amide bonds. The van der Waals surface area contributed by atoms with Crippen molar-refractivity contribution in [3.8, 4) is 0 Å². The van der Waals surface area contributed by atoms with E-state index in [-0.39, 0.29) is 11.2 Å². The number of anilines is 1.